The van der Waals surface area contributed by atoms with Crippen molar-refractivity contribution in [2.24, 2.45) is 0 Å². The molecule has 0 aliphatic carbocycles. The number of nitrogens with zero attached hydrogens (tertiary/aromatic N) is 2. The van der Waals surface area contributed by atoms with Crippen LogP contribution in [0.3, 0.4) is 0 Å². The third-order valence-electron chi connectivity index (χ3n) is 2.61. The van der Waals surface area contributed by atoms with Gasteiger partial charge in [0.2, 0.25) is 0 Å². The largest absolute Gasteiger partial charge is 0.491 e. The van der Waals surface area contributed by atoms with Gasteiger partial charge in [0, 0.05) is 0 Å². The summed E-state index contributed by atoms with van der Waals surface area (Å²) in [5.74, 6) is 1.21. The van der Waals surface area contributed by atoms with Gasteiger partial charge in [-0.05, 0) is 46.6 Å². The maximum absolute atomic E-state index is 12.3. The molecule has 2 rings (SSSR count). The van der Waals surface area contributed by atoms with E-state index in [0.29, 0.717) is 31.0 Å². The van der Waals surface area contributed by atoms with Gasteiger partial charge in [0.25, 0.3) is 5.56 Å². The molecule has 0 N–H and O–H groups in total. The summed E-state index contributed by atoms with van der Waals surface area (Å²) in [5, 5.41) is 4.14. The Morgan fingerprint density at radius 1 is 1.38 bits per heavy atom. The second-order valence-electron chi connectivity index (χ2n) is 4.10. The standard InChI is InChI=1S/C13H15BrN2O3P2/c1-2-7-18-11-8-15-16(13(17)12(11)14)9-3-5-10(6-4-9)19-21-20/h3-6,8,21H,2,7,20H2,1H3. The average Bonchev–Trinajstić information content (AvgIpc) is 2.50. The molecule has 0 radical (unpaired) electrons. The van der Waals surface area contributed by atoms with Crippen molar-refractivity contribution in [3.05, 3.63) is 45.3 Å². The zero-order valence-electron chi connectivity index (χ0n) is 11.4. The van der Waals surface area contributed by atoms with E-state index in [-0.39, 0.29) is 5.56 Å². The second kappa shape index (κ2) is 7.88. The Hall–Kier alpha value is -0.960. The lowest BCUT2D eigenvalue weighted by Gasteiger charge is -2.10. The fraction of sp³-hybridized carbons (Fsp3) is 0.231. The molecule has 112 valence electrons. The maximum atomic E-state index is 12.3. The summed E-state index contributed by atoms with van der Waals surface area (Å²) < 4.78 is 12.5. The van der Waals surface area contributed by atoms with Crippen LogP contribution in [0, 0.1) is 0 Å². The molecule has 1 aromatic heterocycles. The van der Waals surface area contributed by atoms with Crippen LogP contribution in [0.4, 0.5) is 0 Å². The number of benzene rings is 1. The van der Waals surface area contributed by atoms with Gasteiger partial charge in [0.05, 0.1) is 27.0 Å². The predicted octanol–water partition coefficient (Wildman–Crippen LogP) is 3.55. The fourth-order valence-electron chi connectivity index (χ4n) is 1.64. The minimum absolute atomic E-state index is 0.259. The molecular weight excluding hydrogens is 374 g/mol. The molecular formula is C13H15BrN2O3P2. The minimum Gasteiger partial charge on any atom is -0.491 e. The highest BCUT2D eigenvalue weighted by Crippen LogP contribution is 2.27. The lowest BCUT2D eigenvalue weighted by Crippen LogP contribution is -2.22. The van der Waals surface area contributed by atoms with Gasteiger partial charge in [-0.2, -0.15) is 9.78 Å². The van der Waals surface area contributed by atoms with Crippen molar-refractivity contribution in [3.63, 3.8) is 0 Å². The zero-order chi connectivity index (χ0) is 15.2. The van der Waals surface area contributed by atoms with Gasteiger partial charge >= 0.3 is 0 Å². The van der Waals surface area contributed by atoms with Crippen LogP contribution in [0.5, 0.6) is 11.5 Å². The molecule has 0 amide bonds. The molecule has 21 heavy (non-hydrogen) atoms. The van der Waals surface area contributed by atoms with Crippen LogP contribution in [0.1, 0.15) is 13.3 Å². The van der Waals surface area contributed by atoms with Crippen LogP contribution >= 0.6 is 33.4 Å². The number of halogens is 1. The molecule has 2 atom stereocenters. The summed E-state index contributed by atoms with van der Waals surface area (Å²) in [7, 11) is 2.81. The SMILES string of the molecule is CCCOc1cnn(-c2ccc(OPP)cc2)c(=O)c1Br. The summed E-state index contributed by atoms with van der Waals surface area (Å²) in [5.41, 5.74) is 0.410. The van der Waals surface area contributed by atoms with E-state index in [9.17, 15) is 4.79 Å². The molecule has 5 nitrogen and oxygen atoms in total. The minimum atomic E-state index is -0.259. The Bertz CT molecular complexity index is 661. The van der Waals surface area contributed by atoms with Crippen LogP contribution < -0.4 is 14.8 Å². The number of hydrogen-bond acceptors (Lipinski definition) is 4. The maximum Gasteiger partial charge on any atom is 0.289 e. The normalized spacial score (nSPS) is 11.0. The molecule has 2 aromatic rings. The Morgan fingerprint density at radius 3 is 2.71 bits per heavy atom. The third kappa shape index (κ3) is 4.03. The molecule has 0 saturated carbocycles. The van der Waals surface area contributed by atoms with E-state index in [1.807, 2.05) is 6.92 Å². The van der Waals surface area contributed by atoms with Crippen molar-refractivity contribution in [1.82, 2.24) is 9.78 Å². The van der Waals surface area contributed by atoms with Gasteiger partial charge in [0.1, 0.15) is 10.2 Å². The monoisotopic (exact) mass is 388 g/mol. The smallest absolute Gasteiger partial charge is 0.289 e. The highest BCUT2D eigenvalue weighted by molar-refractivity contribution is 9.10. The molecule has 0 aliphatic heterocycles. The molecule has 2 unspecified atom stereocenters. The van der Waals surface area contributed by atoms with Crippen LogP contribution in [-0.2, 0) is 0 Å². The highest BCUT2D eigenvalue weighted by Gasteiger charge is 2.11. The van der Waals surface area contributed by atoms with Gasteiger partial charge in [-0.3, -0.25) is 4.79 Å². The quantitative estimate of drug-likeness (QED) is 0.710. The van der Waals surface area contributed by atoms with Gasteiger partial charge in [-0.25, -0.2) is 0 Å². The van der Waals surface area contributed by atoms with Crippen molar-refractivity contribution in [1.29, 1.82) is 0 Å². The second-order valence-corrected chi connectivity index (χ2v) is 6.04. The van der Waals surface area contributed by atoms with Gasteiger partial charge in [-0.15, -0.1) is 0 Å². The van der Waals surface area contributed by atoms with E-state index in [1.54, 1.807) is 24.3 Å². The molecule has 1 aromatic carbocycles. The summed E-state index contributed by atoms with van der Waals surface area (Å²) in [6, 6.07) is 7.17. The Kier molecular flexibility index (Phi) is 6.16. The number of rotatable bonds is 6. The summed E-state index contributed by atoms with van der Waals surface area (Å²) >= 11 is 3.27. The van der Waals surface area contributed by atoms with Crippen LogP contribution in [0.25, 0.3) is 5.69 Å². The molecule has 0 saturated heterocycles. The van der Waals surface area contributed by atoms with Crippen LogP contribution in [0.15, 0.2) is 39.7 Å². The van der Waals surface area contributed by atoms with Crippen molar-refractivity contribution in [2.45, 2.75) is 13.3 Å². The van der Waals surface area contributed by atoms with Crippen molar-refractivity contribution < 1.29 is 9.26 Å². The van der Waals surface area contributed by atoms with E-state index < -0.39 is 0 Å². The topological polar surface area (TPSA) is 53.4 Å². The van der Waals surface area contributed by atoms with Gasteiger partial charge in [-0.1, -0.05) is 15.9 Å². The molecule has 8 heteroatoms. The molecule has 1 heterocycles. The average molecular weight is 389 g/mol. The molecule has 0 spiro atoms. The highest BCUT2D eigenvalue weighted by atomic mass is 79.9. The number of aromatic nitrogens is 2. The van der Waals surface area contributed by atoms with Crippen molar-refractivity contribution in [3.8, 4) is 17.2 Å². The predicted molar refractivity (Wildman–Crippen MR) is 92.0 cm³/mol. The summed E-state index contributed by atoms with van der Waals surface area (Å²) in [4.78, 5) is 12.3. The Labute approximate surface area is 135 Å². The van der Waals surface area contributed by atoms with Crippen LogP contribution in [-0.4, -0.2) is 16.4 Å². The molecule has 0 bridgehead atoms. The lowest BCUT2D eigenvalue weighted by atomic mass is 10.3. The third-order valence-corrected chi connectivity index (χ3v) is 4.04. The van der Waals surface area contributed by atoms with Crippen molar-refractivity contribution in [2.75, 3.05) is 6.61 Å². The molecule has 0 aliphatic rings. The first kappa shape index (κ1) is 16.4. The van der Waals surface area contributed by atoms with Crippen molar-refractivity contribution >= 4 is 33.4 Å². The summed E-state index contributed by atoms with van der Waals surface area (Å²) in [6.45, 7) is 2.55. The van der Waals surface area contributed by atoms with E-state index >= 15 is 0 Å². The Balaban J connectivity index is 2.32. The number of ether oxygens (including phenoxy) is 1. The van der Waals surface area contributed by atoms with Gasteiger partial charge in [0.15, 0.2) is 5.75 Å². The number of hydrogen-bond donors (Lipinski definition) is 0. The fourth-order valence-corrected chi connectivity index (χ4v) is 2.70. The van der Waals surface area contributed by atoms with E-state index in [1.165, 1.54) is 10.9 Å². The first-order valence-electron chi connectivity index (χ1n) is 6.31. The lowest BCUT2D eigenvalue weighted by molar-refractivity contribution is 0.312. The first-order chi connectivity index (χ1) is 10.2. The summed E-state index contributed by atoms with van der Waals surface area (Å²) in [6.07, 6.45) is 2.41. The van der Waals surface area contributed by atoms with E-state index in [0.717, 1.165) is 12.2 Å². The van der Waals surface area contributed by atoms with E-state index in [2.05, 4.69) is 30.0 Å². The van der Waals surface area contributed by atoms with Gasteiger partial charge < -0.3 is 9.26 Å². The van der Waals surface area contributed by atoms with Crippen LogP contribution in [0.2, 0.25) is 0 Å². The zero-order valence-corrected chi connectivity index (χ0v) is 15.1. The molecule has 0 fully saturated rings. The first-order valence-corrected chi connectivity index (χ1v) is 9.82. The van der Waals surface area contributed by atoms with E-state index in [4.69, 9.17) is 9.26 Å². The Morgan fingerprint density at radius 2 is 2.10 bits per heavy atom.